The van der Waals surface area contributed by atoms with Crippen LogP contribution in [0.2, 0.25) is 0 Å². The molecule has 1 heterocycles. The average molecular weight is 198 g/mol. The summed E-state index contributed by atoms with van der Waals surface area (Å²) in [6.07, 6.45) is 0. The number of halogens is 2. The van der Waals surface area contributed by atoms with Gasteiger partial charge in [0.1, 0.15) is 11.6 Å². The van der Waals surface area contributed by atoms with Crippen molar-refractivity contribution in [2.24, 2.45) is 0 Å². The van der Waals surface area contributed by atoms with E-state index < -0.39 is 11.6 Å². The lowest BCUT2D eigenvalue weighted by Crippen LogP contribution is -2.21. The zero-order valence-corrected chi connectivity index (χ0v) is 7.18. The normalized spacial score (nSPS) is 20.4. The van der Waals surface area contributed by atoms with Crippen molar-refractivity contribution < 1.29 is 13.6 Å². The molecule has 74 valence electrons. The molecular weight excluding hydrogens is 190 g/mol. The van der Waals surface area contributed by atoms with E-state index in [-0.39, 0.29) is 12.1 Å². The number of benzene rings is 1. The van der Waals surface area contributed by atoms with Crippen molar-refractivity contribution in [3.8, 4) is 0 Å². The molecule has 1 fully saturated rings. The van der Waals surface area contributed by atoms with Crippen molar-refractivity contribution >= 4 is 6.03 Å². The number of carbonyl (C=O) groups excluding carboxylic acids is 1. The van der Waals surface area contributed by atoms with Gasteiger partial charge in [0.2, 0.25) is 0 Å². The van der Waals surface area contributed by atoms with Gasteiger partial charge in [0.25, 0.3) is 0 Å². The molecule has 5 heteroatoms. The Morgan fingerprint density at radius 1 is 1.21 bits per heavy atom. The van der Waals surface area contributed by atoms with Crippen molar-refractivity contribution in [2.75, 3.05) is 6.54 Å². The second-order valence-corrected chi connectivity index (χ2v) is 3.11. The summed E-state index contributed by atoms with van der Waals surface area (Å²) in [4.78, 5) is 10.8. The predicted molar refractivity (Wildman–Crippen MR) is 45.6 cm³/mol. The molecule has 14 heavy (non-hydrogen) atoms. The van der Waals surface area contributed by atoms with Gasteiger partial charge >= 0.3 is 6.03 Å². The Balaban J connectivity index is 2.27. The van der Waals surface area contributed by atoms with E-state index in [4.69, 9.17) is 0 Å². The van der Waals surface area contributed by atoms with Crippen LogP contribution in [0.15, 0.2) is 18.2 Å². The molecule has 0 bridgehead atoms. The summed E-state index contributed by atoms with van der Waals surface area (Å²) in [7, 11) is 0. The molecule has 1 aromatic rings. The van der Waals surface area contributed by atoms with E-state index in [0.717, 1.165) is 6.07 Å². The Bertz CT molecular complexity index is 361. The van der Waals surface area contributed by atoms with Gasteiger partial charge in [0, 0.05) is 12.6 Å². The van der Waals surface area contributed by atoms with Crippen molar-refractivity contribution in [3.05, 3.63) is 35.4 Å². The standard InChI is InChI=1S/C9H8F2N2O/c10-6-1-5(2-7(11)3-6)8-4-12-9(14)13-8/h1-3,8H,4H2,(H2,12,13,14)/t8-/m0/s1. The van der Waals surface area contributed by atoms with Crippen LogP contribution in [0.5, 0.6) is 0 Å². The van der Waals surface area contributed by atoms with E-state index in [0.29, 0.717) is 12.1 Å². The zero-order chi connectivity index (χ0) is 10.1. The van der Waals surface area contributed by atoms with Crippen LogP contribution < -0.4 is 10.6 Å². The number of rotatable bonds is 1. The van der Waals surface area contributed by atoms with E-state index >= 15 is 0 Å². The largest absolute Gasteiger partial charge is 0.336 e. The predicted octanol–water partition coefficient (Wildman–Crippen LogP) is 1.32. The van der Waals surface area contributed by atoms with Gasteiger partial charge in [0.05, 0.1) is 6.04 Å². The van der Waals surface area contributed by atoms with Gasteiger partial charge in [-0.15, -0.1) is 0 Å². The fourth-order valence-corrected chi connectivity index (χ4v) is 1.43. The Labute approximate surface area is 79.1 Å². The molecule has 1 atom stereocenters. The molecule has 1 aliphatic heterocycles. The Morgan fingerprint density at radius 2 is 1.86 bits per heavy atom. The first-order chi connectivity index (χ1) is 6.65. The highest BCUT2D eigenvalue weighted by Gasteiger charge is 2.22. The number of urea groups is 1. The van der Waals surface area contributed by atoms with Gasteiger partial charge in [-0.3, -0.25) is 0 Å². The second kappa shape index (κ2) is 3.25. The summed E-state index contributed by atoms with van der Waals surface area (Å²) < 4.78 is 25.6. The van der Waals surface area contributed by atoms with Crippen LogP contribution in [0.1, 0.15) is 11.6 Å². The van der Waals surface area contributed by atoms with Gasteiger partial charge in [-0.2, -0.15) is 0 Å². The summed E-state index contributed by atoms with van der Waals surface area (Å²) in [5.74, 6) is -1.28. The average Bonchev–Trinajstić information content (AvgIpc) is 2.50. The number of hydrogen-bond acceptors (Lipinski definition) is 1. The maximum absolute atomic E-state index is 12.8. The third kappa shape index (κ3) is 1.66. The minimum Gasteiger partial charge on any atom is -0.336 e. The van der Waals surface area contributed by atoms with E-state index in [1.807, 2.05) is 0 Å². The van der Waals surface area contributed by atoms with Crippen molar-refractivity contribution in [3.63, 3.8) is 0 Å². The summed E-state index contributed by atoms with van der Waals surface area (Å²) in [5.41, 5.74) is 0.431. The van der Waals surface area contributed by atoms with Crippen LogP contribution in [0.3, 0.4) is 0 Å². The van der Waals surface area contributed by atoms with Crippen molar-refractivity contribution in [1.82, 2.24) is 10.6 Å². The minimum atomic E-state index is -0.638. The Kier molecular flexibility index (Phi) is 2.07. The molecule has 0 spiro atoms. The summed E-state index contributed by atoms with van der Waals surface area (Å²) in [6.45, 7) is 0.349. The van der Waals surface area contributed by atoms with Gasteiger partial charge in [-0.25, -0.2) is 13.6 Å². The zero-order valence-electron chi connectivity index (χ0n) is 7.18. The minimum absolute atomic E-state index is 0.320. The van der Waals surface area contributed by atoms with Gasteiger partial charge in [0.15, 0.2) is 0 Å². The first-order valence-corrected chi connectivity index (χ1v) is 4.15. The lowest BCUT2D eigenvalue weighted by atomic mass is 10.1. The molecule has 1 aliphatic rings. The number of hydrogen-bond donors (Lipinski definition) is 2. The van der Waals surface area contributed by atoms with Crippen LogP contribution in [0.25, 0.3) is 0 Å². The van der Waals surface area contributed by atoms with E-state index in [9.17, 15) is 13.6 Å². The molecule has 0 aliphatic carbocycles. The highest BCUT2D eigenvalue weighted by atomic mass is 19.1. The monoisotopic (exact) mass is 198 g/mol. The number of carbonyl (C=O) groups is 1. The van der Waals surface area contributed by atoms with Gasteiger partial charge < -0.3 is 10.6 Å². The molecule has 3 nitrogen and oxygen atoms in total. The van der Waals surface area contributed by atoms with E-state index in [2.05, 4.69) is 10.6 Å². The highest BCUT2D eigenvalue weighted by Crippen LogP contribution is 2.17. The Hall–Kier alpha value is -1.65. The molecule has 2 rings (SSSR count). The molecular formula is C9H8F2N2O. The third-order valence-electron chi connectivity index (χ3n) is 2.06. The summed E-state index contributed by atoms with van der Waals surface area (Å²) in [5, 5.41) is 5.05. The third-order valence-corrected chi connectivity index (χ3v) is 2.06. The smallest absolute Gasteiger partial charge is 0.315 e. The van der Waals surface area contributed by atoms with Crippen LogP contribution in [0, 0.1) is 11.6 Å². The van der Waals surface area contributed by atoms with Crippen LogP contribution >= 0.6 is 0 Å². The van der Waals surface area contributed by atoms with Crippen LogP contribution in [-0.4, -0.2) is 12.6 Å². The molecule has 0 radical (unpaired) electrons. The maximum Gasteiger partial charge on any atom is 0.315 e. The van der Waals surface area contributed by atoms with E-state index in [1.165, 1.54) is 12.1 Å². The quantitative estimate of drug-likeness (QED) is 0.702. The first-order valence-electron chi connectivity index (χ1n) is 4.15. The number of nitrogens with one attached hydrogen (secondary N) is 2. The fraction of sp³-hybridized carbons (Fsp3) is 0.222. The molecule has 1 aromatic carbocycles. The van der Waals surface area contributed by atoms with Gasteiger partial charge in [-0.1, -0.05) is 0 Å². The molecule has 1 saturated heterocycles. The molecule has 0 aromatic heterocycles. The first kappa shape index (κ1) is 8.93. The highest BCUT2D eigenvalue weighted by molar-refractivity contribution is 5.76. The Morgan fingerprint density at radius 3 is 2.36 bits per heavy atom. The van der Waals surface area contributed by atoms with E-state index in [1.54, 1.807) is 0 Å². The van der Waals surface area contributed by atoms with Crippen molar-refractivity contribution in [2.45, 2.75) is 6.04 Å². The lowest BCUT2D eigenvalue weighted by molar-refractivity contribution is 0.247. The maximum atomic E-state index is 12.8. The topological polar surface area (TPSA) is 41.1 Å². The number of amides is 2. The van der Waals surface area contributed by atoms with Crippen LogP contribution in [0.4, 0.5) is 13.6 Å². The molecule has 2 amide bonds. The molecule has 0 saturated carbocycles. The lowest BCUT2D eigenvalue weighted by Gasteiger charge is -2.08. The second-order valence-electron chi connectivity index (χ2n) is 3.11. The summed E-state index contributed by atoms with van der Waals surface area (Å²) >= 11 is 0. The SMILES string of the molecule is O=C1NC[C@@H](c2cc(F)cc(F)c2)N1. The molecule has 0 unspecified atom stereocenters. The van der Waals surface area contributed by atoms with Crippen molar-refractivity contribution in [1.29, 1.82) is 0 Å². The summed E-state index contributed by atoms with van der Waals surface area (Å²) in [6, 6.07) is 2.54. The fourth-order valence-electron chi connectivity index (χ4n) is 1.43. The van der Waals surface area contributed by atoms with Gasteiger partial charge in [-0.05, 0) is 17.7 Å². The molecule has 2 N–H and O–H groups in total. The van der Waals surface area contributed by atoms with Crippen LogP contribution in [-0.2, 0) is 0 Å².